The number of aliphatic hydroxyl groups excluding tert-OH is 1. The molecule has 0 bridgehead atoms. The zero-order valence-corrected chi connectivity index (χ0v) is 16.5. The summed E-state index contributed by atoms with van der Waals surface area (Å²) in [6, 6.07) is 8.34. The van der Waals surface area contributed by atoms with Gasteiger partial charge in [-0.15, -0.1) is 11.3 Å². The molecule has 5 nitrogen and oxygen atoms in total. The minimum Gasteiger partial charge on any atom is -0.386 e. The fraction of sp³-hybridized carbons (Fsp3) is 0.316. The Hall–Kier alpha value is -2.09. The van der Waals surface area contributed by atoms with Gasteiger partial charge < -0.3 is 20.7 Å². The lowest BCUT2D eigenvalue weighted by atomic mass is 10.1. The van der Waals surface area contributed by atoms with E-state index in [2.05, 4.69) is 20.6 Å². The van der Waals surface area contributed by atoms with Gasteiger partial charge in [0.15, 0.2) is 5.96 Å². The predicted octanol–water partition coefficient (Wildman–Crippen LogP) is 3.85. The molecule has 1 unspecified atom stereocenters. The molecule has 0 aliphatic rings. The van der Waals surface area contributed by atoms with E-state index >= 15 is 0 Å². The summed E-state index contributed by atoms with van der Waals surface area (Å²) in [5.41, 5.74) is 1.91. The number of H-pyrrole nitrogens is 1. The van der Waals surface area contributed by atoms with Crippen molar-refractivity contribution >= 4 is 39.8 Å². The van der Waals surface area contributed by atoms with Crippen molar-refractivity contribution in [3.8, 4) is 0 Å². The molecule has 0 aliphatic carbocycles. The molecule has 8 heteroatoms. The summed E-state index contributed by atoms with van der Waals surface area (Å²) >= 11 is 7.26. The molecule has 1 atom stereocenters. The van der Waals surface area contributed by atoms with E-state index in [9.17, 15) is 9.50 Å². The van der Waals surface area contributed by atoms with Gasteiger partial charge in [-0.05, 0) is 49.2 Å². The lowest BCUT2D eigenvalue weighted by molar-refractivity contribution is 0.191. The summed E-state index contributed by atoms with van der Waals surface area (Å²) < 4.78 is 13.9. The van der Waals surface area contributed by atoms with E-state index in [4.69, 9.17) is 11.6 Å². The molecule has 0 saturated carbocycles. The number of rotatable bonds is 7. The lowest BCUT2D eigenvalue weighted by Crippen LogP contribution is -2.38. The van der Waals surface area contributed by atoms with Crippen molar-refractivity contribution in [1.29, 1.82) is 0 Å². The molecule has 0 fully saturated rings. The molecule has 0 spiro atoms. The highest BCUT2D eigenvalue weighted by molar-refractivity contribution is 7.16. The molecule has 3 rings (SSSR count). The van der Waals surface area contributed by atoms with Crippen LogP contribution in [-0.4, -0.2) is 35.7 Å². The van der Waals surface area contributed by atoms with Crippen LogP contribution < -0.4 is 10.6 Å². The van der Waals surface area contributed by atoms with Crippen molar-refractivity contribution < 1.29 is 9.50 Å². The van der Waals surface area contributed by atoms with Gasteiger partial charge >= 0.3 is 0 Å². The third-order valence-electron chi connectivity index (χ3n) is 4.11. The van der Waals surface area contributed by atoms with Gasteiger partial charge in [-0.3, -0.25) is 4.99 Å². The summed E-state index contributed by atoms with van der Waals surface area (Å²) in [6.45, 7) is 3.62. The van der Waals surface area contributed by atoms with E-state index < -0.39 is 6.10 Å². The topological polar surface area (TPSA) is 72.4 Å². The van der Waals surface area contributed by atoms with Crippen LogP contribution in [0.1, 0.15) is 23.5 Å². The Labute approximate surface area is 166 Å². The van der Waals surface area contributed by atoms with Gasteiger partial charge in [0, 0.05) is 35.1 Å². The highest BCUT2D eigenvalue weighted by Crippen LogP contribution is 2.26. The van der Waals surface area contributed by atoms with Crippen molar-refractivity contribution in [2.24, 2.45) is 4.99 Å². The van der Waals surface area contributed by atoms with Crippen LogP contribution in [0.3, 0.4) is 0 Å². The highest BCUT2D eigenvalue weighted by atomic mass is 35.5. The number of nitrogens with zero attached hydrogens (tertiary/aromatic N) is 1. The van der Waals surface area contributed by atoms with Crippen molar-refractivity contribution in [2.75, 3.05) is 19.6 Å². The number of nitrogens with one attached hydrogen (secondary N) is 3. The van der Waals surface area contributed by atoms with E-state index in [0.717, 1.165) is 34.3 Å². The Morgan fingerprint density at radius 2 is 2.19 bits per heavy atom. The van der Waals surface area contributed by atoms with Crippen LogP contribution in [0.25, 0.3) is 10.9 Å². The Balaban J connectivity index is 1.57. The summed E-state index contributed by atoms with van der Waals surface area (Å²) in [7, 11) is 0. The van der Waals surface area contributed by atoms with Crippen molar-refractivity contribution in [3.05, 3.63) is 57.1 Å². The standard InChI is InChI=1S/C19H22ClFN4OS/c1-2-22-19(25-11-16(26)17-5-6-18(20)27-17)23-8-7-12-10-24-15-9-13(21)3-4-14(12)15/h3-6,9-10,16,24,26H,2,7-8,11H2,1H3,(H2,22,23,25). The van der Waals surface area contributed by atoms with E-state index in [-0.39, 0.29) is 12.4 Å². The van der Waals surface area contributed by atoms with Crippen LogP contribution in [0.15, 0.2) is 41.5 Å². The van der Waals surface area contributed by atoms with Gasteiger partial charge in [0.2, 0.25) is 0 Å². The maximum Gasteiger partial charge on any atom is 0.191 e. The molecular formula is C19H22ClFN4OS. The van der Waals surface area contributed by atoms with Crippen LogP contribution >= 0.6 is 22.9 Å². The second kappa shape index (κ2) is 9.21. The first-order valence-corrected chi connectivity index (χ1v) is 9.97. The van der Waals surface area contributed by atoms with Crippen LogP contribution in [0.4, 0.5) is 4.39 Å². The Morgan fingerprint density at radius 1 is 1.33 bits per heavy atom. The zero-order chi connectivity index (χ0) is 19.2. The minimum atomic E-state index is -0.679. The van der Waals surface area contributed by atoms with Gasteiger partial charge in [-0.1, -0.05) is 11.6 Å². The SMILES string of the molecule is CCNC(=NCC(O)c1ccc(Cl)s1)NCCc1c[nH]c2cc(F)ccc12. The van der Waals surface area contributed by atoms with Gasteiger partial charge in [-0.25, -0.2) is 4.39 Å². The van der Waals surface area contributed by atoms with Gasteiger partial charge in [0.1, 0.15) is 11.9 Å². The molecule has 144 valence electrons. The summed E-state index contributed by atoms with van der Waals surface area (Å²) in [5.74, 6) is 0.395. The number of aliphatic hydroxyl groups is 1. The average Bonchev–Trinajstić information content (AvgIpc) is 3.25. The van der Waals surface area contributed by atoms with Crippen molar-refractivity contribution in [1.82, 2.24) is 15.6 Å². The maximum absolute atomic E-state index is 13.3. The molecular weight excluding hydrogens is 387 g/mol. The van der Waals surface area contributed by atoms with Gasteiger partial charge in [-0.2, -0.15) is 0 Å². The number of hydrogen-bond acceptors (Lipinski definition) is 3. The molecule has 2 heterocycles. The first-order valence-electron chi connectivity index (χ1n) is 8.78. The quantitative estimate of drug-likeness (QED) is 0.354. The number of guanidine groups is 1. The van der Waals surface area contributed by atoms with E-state index in [0.29, 0.717) is 16.8 Å². The first-order chi connectivity index (χ1) is 13.1. The fourth-order valence-electron chi connectivity index (χ4n) is 2.80. The second-order valence-electron chi connectivity index (χ2n) is 6.06. The minimum absolute atomic E-state index is 0.249. The molecule has 1 aromatic carbocycles. The number of hydrogen-bond donors (Lipinski definition) is 4. The number of halogens is 2. The number of thiophene rings is 1. The summed E-state index contributed by atoms with van der Waals surface area (Å²) in [5, 5.41) is 17.7. The molecule has 0 aliphatic heterocycles. The van der Waals surface area contributed by atoms with E-state index in [1.807, 2.05) is 19.2 Å². The molecule has 0 saturated heterocycles. The van der Waals surface area contributed by atoms with Gasteiger partial charge in [0.05, 0.1) is 10.9 Å². The van der Waals surface area contributed by atoms with E-state index in [1.165, 1.54) is 23.5 Å². The molecule has 4 N–H and O–H groups in total. The largest absolute Gasteiger partial charge is 0.386 e. The first kappa shape index (κ1) is 19.7. The zero-order valence-electron chi connectivity index (χ0n) is 14.9. The molecule has 0 amide bonds. The highest BCUT2D eigenvalue weighted by Gasteiger charge is 2.10. The number of aromatic nitrogens is 1. The predicted molar refractivity (Wildman–Crippen MR) is 110 cm³/mol. The second-order valence-corrected chi connectivity index (χ2v) is 7.80. The Kier molecular flexibility index (Phi) is 6.71. The van der Waals surface area contributed by atoms with Gasteiger partial charge in [0.25, 0.3) is 0 Å². The van der Waals surface area contributed by atoms with Crippen molar-refractivity contribution in [3.63, 3.8) is 0 Å². The third kappa shape index (κ3) is 5.22. The Bertz CT molecular complexity index is 923. The molecule has 3 aromatic rings. The Morgan fingerprint density at radius 3 is 2.93 bits per heavy atom. The van der Waals surface area contributed by atoms with E-state index in [1.54, 1.807) is 12.1 Å². The lowest BCUT2D eigenvalue weighted by Gasteiger charge is -2.12. The number of fused-ring (bicyclic) bond motifs is 1. The number of aliphatic imine (C=N–C) groups is 1. The third-order valence-corrected chi connectivity index (χ3v) is 5.44. The van der Waals surface area contributed by atoms with Crippen LogP contribution in [0.5, 0.6) is 0 Å². The summed E-state index contributed by atoms with van der Waals surface area (Å²) in [4.78, 5) is 8.34. The van der Waals surface area contributed by atoms with Crippen molar-refractivity contribution in [2.45, 2.75) is 19.4 Å². The number of aromatic amines is 1. The monoisotopic (exact) mass is 408 g/mol. The average molecular weight is 409 g/mol. The fourth-order valence-corrected chi connectivity index (χ4v) is 3.84. The van der Waals surface area contributed by atoms with Crippen LogP contribution in [0.2, 0.25) is 4.34 Å². The number of benzene rings is 1. The maximum atomic E-state index is 13.3. The normalized spacial score (nSPS) is 13.1. The summed E-state index contributed by atoms with van der Waals surface area (Å²) in [6.07, 6.45) is 1.99. The molecule has 27 heavy (non-hydrogen) atoms. The molecule has 0 radical (unpaired) electrons. The smallest absolute Gasteiger partial charge is 0.191 e. The van der Waals surface area contributed by atoms with Crippen LogP contribution in [0, 0.1) is 5.82 Å². The molecule has 2 aromatic heterocycles. The van der Waals surface area contributed by atoms with Crippen LogP contribution in [-0.2, 0) is 6.42 Å².